The third-order valence-electron chi connectivity index (χ3n) is 6.09. The molecule has 172 valence electrons. The Bertz CT molecular complexity index is 1340. The molecule has 0 bridgehead atoms. The first-order valence-corrected chi connectivity index (χ1v) is 13.7. The lowest BCUT2D eigenvalue weighted by molar-refractivity contribution is 0.392. The summed E-state index contributed by atoms with van der Waals surface area (Å²) in [4.78, 5) is -0.541. The Morgan fingerprint density at radius 1 is 1.13 bits per heavy atom. The quantitative estimate of drug-likeness (QED) is 0.445. The number of hydrogen-bond donors (Lipinski definition) is 2. The summed E-state index contributed by atoms with van der Waals surface area (Å²) in [6, 6.07) is 3.44. The van der Waals surface area contributed by atoms with Crippen LogP contribution in [0.1, 0.15) is 38.7 Å². The van der Waals surface area contributed by atoms with E-state index in [9.17, 15) is 34.4 Å². The molecular formula is C18H23NO9S3. The molecule has 2 aliphatic rings. The number of allylic oxidation sites excluding steroid dienone is 4. The molecule has 1 aliphatic heterocycles. The van der Waals surface area contributed by atoms with Crippen molar-refractivity contribution in [2.45, 2.75) is 38.0 Å². The van der Waals surface area contributed by atoms with E-state index in [2.05, 4.69) is 0 Å². The summed E-state index contributed by atoms with van der Waals surface area (Å²) in [7, 11) is -12.7. The van der Waals surface area contributed by atoms with Crippen LogP contribution in [0.5, 0.6) is 0 Å². The molecule has 0 fully saturated rings. The molecule has 1 aromatic carbocycles. The maximum atomic E-state index is 12.4. The summed E-state index contributed by atoms with van der Waals surface area (Å²) in [6.45, 7) is 3.67. The minimum absolute atomic E-state index is 0.0707. The fourth-order valence-corrected chi connectivity index (χ4v) is 6.15. The summed E-state index contributed by atoms with van der Waals surface area (Å²) in [5.74, 6) is -0.643. The van der Waals surface area contributed by atoms with Gasteiger partial charge in [-0.2, -0.15) is 29.1 Å². The summed E-state index contributed by atoms with van der Waals surface area (Å²) in [6.07, 6.45) is 0.491. The number of fused-ring (bicyclic) bond motifs is 2. The fourth-order valence-electron chi connectivity index (χ4n) is 4.31. The molecule has 0 saturated heterocycles. The molecule has 0 amide bonds. The van der Waals surface area contributed by atoms with Crippen molar-refractivity contribution in [1.29, 1.82) is 0 Å². The third kappa shape index (κ3) is 4.11. The molecule has 1 aromatic rings. The Kier molecular flexibility index (Phi) is 5.79. The zero-order chi connectivity index (χ0) is 23.6. The number of nitrogens with zero attached hydrogens (tertiary/aromatic N) is 1. The lowest BCUT2D eigenvalue weighted by Crippen LogP contribution is -2.48. The molecule has 0 spiro atoms. The van der Waals surface area contributed by atoms with Gasteiger partial charge < -0.3 is 4.55 Å². The van der Waals surface area contributed by atoms with Crippen LogP contribution in [0.4, 0.5) is 5.69 Å². The number of rotatable bonds is 6. The van der Waals surface area contributed by atoms with E-state index in [1.165, 1.54) is 13.1 Å². The summed E-state index contributed by atoms with van der Waals surface area (Å²) >= 11 is 0. The summed E-state index contributed by atoms with van der Waals surface area (Å²) in [5.41, 5.74) is 2.50. The number of quaternary nitrogens is 1. The minimum atomic E-state index is -5.06. The molecule has 13 heteroatoms. The van der Waals surface area contributed by atoms with E-state index in [4.69, 9.17) is 4.55 Å². The van der Waals surface area contributed by atoms with Gasteiger partial charge in [-0.25, -0.2) is 0 Å². The van der Waals surface area contributed by atoms with Gasteiger partial charge in [0.2, 0.25) is 0 Å². The predicted molar refractivity (Wildman–Crippen MR) is 113 cm³/mol. The van der Waals surface area contributed by atoms with Gasteiger partial charge in [-0.05, 0) is 43.4 Å². The van der Waals surface area contributed by atoms with Gasteiger partial charge in [0.25, 0.3) is 30.5 Å². The second kappa shape index (κ2) is 7.47. The van der Waals surface area contributed by atoms with Crippen molar-refractivity contribution in [3.8, 4) is 0 Å². The molecule has 31 heavy (non-hydrogen) atoms. The van der Waals surface area contributed by atoms with Crippen molar-refractivity contribution >= 4 is 41.8 Å². The maximum absolute atomic E-state index is 12.4. The van der Waals surface area contributed by atoms with Gasteiger partial charge in [-0.3, -0.25) is 9.11 Å². The highest BCUT2D eigenvalue weighted by molar-refractivity contribution is 7.86. The number of benzene rings is 1. The van der Waals surface area contributed by atoms with Gasteiger partial charge in [0, 0.05) is 18.1 Å². The first-order chi connectivity index (χ1) is 14.0. The van der Waals surface area contributed by atoms with Crippen LogP contribution in [0.25, 0.3) is 5.57 Å². The average Bonchev–Trinajstić information content (AvgIpc) is 2.86. The van der Waals surface area contributed by atoms with E-state index in [1.54, 1.807) is 0 Å². The van der Waals surface area contributed by atoms with Crippen LogP contribution in [0, 0.1) is 5.92 Å². The van der Waals surface area contributed by atoms with E-state index < -0.39 is 45.1 Å². The lowest BCUT2D eigenvalue weighted by Gasteiger charge is -2.36. The third-order valence-corrected chi connectivity index (χ3v) is 9.06. The Hall–Kier alpha value is -1.61. The Morgan fingerprint density at radius 3 is 2.26 bits per heavy atom. The van der Waals surface area contributed by atoms with Crippen molar-refractivity contribution < 1.29 is 38.9 Å². The van der Waals surface area contributed by atoms with Crippen LogP contribution in [0.3, 0.4) is 0 Å². The Balaban J connectivity index is 2.28. The normalized spacial score (nSPS) is 24.4. The summed E-state index contributed by atoms with van der Waals surface area (Å²) in [5, 5.41) is 0. The predicted octanol–water partition coefficient (Wildman–Crippen LogP) is 2.08. The van der Waals surface area contributed by atoms with Gasteiger partial charge in [-0.15, -0.1) is 0 Å². The number of hydrogen-bond acceptors (Lipinski definition) is 7. The molecule has 1 heterocycles. The van der Waals surface area contributed by atoms with Crippen molar-refractivity contribution in [1.82, 2.24) is 3.89 Å². The van der Waals surface area contributed by atoms with Gasteiger partial charge in [-0.1, -0.05) is 12.5 Å². The average molecular weight is 494 g/mol. The maximum Gasteiger partial charge on any atom is 0.294 e. The van der Waals surface area contributed by atoms with Gasteiger partial charge >= 0.3 is 0 Å². The van der Waals surface area contributed by atoms with Gasteiger partial charge in [0.15, 0.2) is 5.69 Å². The Labute approximate surface area is 181 Å². The topological polar surface area (TPSA) is 166 Å². The zero-order valence-electron chi connectivity index (χ0n) is 17.1. The monoisotopic (exact) mass is 493 g/mol. The SMILES string of the molecule is CC1=C(CCCS(=O)(=O)O)C2=C(CC1C)[N+](C)(S(=O)(=O)[O-])c1cc(S(=O)(=O)O)ccc12. The van der Waals surface area contributed by atoms with Crippen LogP contribution in [0.2, 0.25) is 0 Å². The largest absolute Gasteiger partial charge is 0.701 e. The first kappa shape index (κ1) is 24.0. The molecule has 2 unspecified atom stereocenters. The Morgan fingerprint density at radius 2 is 1.74 bits per heavy atom. The van der Waals surface area contributed by atoms with E-state index >= 15 is 0 Å². The van der Waals surface area contributed by atoms with Crippen molar-refractivity contribution in [2.24, 2.45) is 5.92 Å². The molecule has 2 N–H and O–H groups in total. The molecule has 2 atom stereocenters. The van der Waals surface area contributed by atoms with Crippen LogP contribution in [-0.4, -0.2) is 51.7 Å². The summed E-state index contributed by atoms with van der Waals surface area (Å²) < 4.78 is 100. The molecule has 0 saturated carbocycles. The van der Waals surface area contributed by atoms with Gasteiger partial charge in [0.05, 0.1) is 23.3 Å². The van der Waals surface area contributed by atoms with Crippen LogP contribution >= 0.6 is 0 Å². The van der Waals surface area contributed by atoms with Crippen LogP contribution < -0.4 is 3.89 Å². The van der Waals surface area contributed by atoms with Crippen molar-refractivity contribution in [2.75, 3.05) is 12.8 Å². The molecule has 0 aromatic heterocycles. The molecule has 3 rings (SSSR count). The van der Waals surface area contributed by atoms with E-state index in [-0.39, 0.29) is 36.6 Å². The highest BCUT2D eigenvalue weighted by Gasteiger charge is 2.51. The zero-order valence-corrected chi connectivity index (χ0v) is 19.5. The molecule has 10 nitrogen and oxygen atoms in total. The van der Waals surface area contributed by atoms with E-state index in [1.807, 2.05) is 13.8 Å². The van der Waals surface area contributed by atoms with E-state index in [0.29, 0.717) is 16.7 Å². The highest BCUT2D eigenvalue weighted by atomic mass is 32.2. The standard InChI is InChI=1S/C18H23NO9S3/c1-11-9-17-18(14(12(11)2)5-4-8-29(20,21)22)15-7-6-13(30(23,24)25)10-16(15)19(17,3)31(26,27)28/h6-7,10-11H,4-5,8-9H2,1-3H3,(H2-,20,21,22,23,24,25,26,27,28). The highest BCUT2D eigenvalue weighted by Crippen LogP contribution is 2.55. The second-order valence-electron chi connectivity index (χ2n) is 7.98. The minimum Gasteiger partial charge on any atom is -0.701 e. The first-order valence-electron chi connectivity index (χ1n) is 9.32. The molecule has 1 aliphatic carbocycles. The van der Waals surface area contributed by atoms with Crippen molar-refractivity contribution in [3.05, 3.63) is 40.6 Å². The molecular weight excluding hydrogens is 470 g/mol. The smallest absolute Gasteiger partial charge is 0.294 e. The van der Waals surface area contributed by atoms with Crippen molar-refractivity contribution in [3.63, 3.8) is 0 Å². The molecule has 0 radical (unpaired) electrons. The lowest BCUT2D eigenvalue weighted by atomic mass is 9.80. The van der Waals surface area contributed by atoms with Crippen LogP contribution in [0.15, 0.2) is 39.9 Å². The van der Waals surface area contributed by atoms with Crippen LogP contribution in [-0.2, 0) is 30.5 Å². The fraction of sp³-hybridized carbons (Fsp3) is 0.444. The van der Waals surface area contributed by atoms with E-state index in [0.717, 1.165) is 17.7 Å². The second-order valence-corrected chi connectivity index (χ2v) is 12.6. The van der Waals surface area contributed by atoms with Gasteiger partial charge in [0.1, 0.15) is 5.70 Å².